The van der Waals surface area contributed by atoms with Crippen molar-refractivity contribution in [3.8, 4) is 0 Å². The van der Waals surface area contributed by atoms with Crippen molar-refractivity contribution in [1.29, 1.82) is 0 Å². The summed E-state index contributed by atoms with van der Waals surface area (Å²) in [6.45, 7) is 1.49. The number of nitrogens with one attached hydrogen (secondary N) is 1. The van der Waals surface area contributed by atoms with Crippen LogP contribution in [0.2, 0.25) is 0 Å². The van der Waals surface area contributed by atoms with E-state index in [0.29, 0.717) is 10.8 Å². The van der Waals surface area contributed by atoms with Gasteiger partial charge in [-0.3, -0.25) is 0 Å². The third-order valence-corrected chi connectivity index (χ3v) is 5.59. The standard InChI is InChI=1S/C13H19N3O2S/c1-15-19(17,18)12-5-3-2-4-11(12)16-8-13(14,9-16)10-6-7-10/h2-5,10,15H,6-9,14H2,1H3. The fourth-order valence-corrected chi connectivity index (χ4v) is 3.76. The van der Waals surface area contributed by atoms with Crippen LogP contribution in [-0.2, 0) is 10.0 Å². The van der Waals surface area contributed by atoms with Crippen LogP contribution in [0, 0.1) is 5.92 Å². The number of hydrogen-bond donors (Lipinski definition) is 2. The average Bonchev–Trinajstić information content (AvgIpc) is 3.19. The van der Waals surface area contributed by atoms with E-state index in [1.807, 2.05) is 12.1 Å². The molecule has 2 aliphatic rings. The smallest absolute Gasteiger partial charge is 0.242 e. The molecule has 1 heterocycles. The first kappa shape index (κ1) is 12.9. The Balaban J connectivity index is 1.87. The molecule has 1 saturated carbocycles. The Bertz CT molecular complexity index is 590. The Labute approximate surface area is 113 Å². The maximum absolute atomic E-state index is 12.0. The molecule has 0 bridgehead atoms. The molecule has 1 aliphatic carbocycles. The number of benzene rings is 1. The Kier molecular flexibility index (Phi) is 2.85. The highest BCUT2D eigenvalue weighted by molar-refractivity contribution is 7.89. The summed E-state index contributed by atoms with van der Waals surface area (Å²) in [6.07, 6.45) is 2.42. The number of hydrogen-bond acceptors (Lipinski definition) is 4. The van der Waals surface area contributed by atoms with Crippen molar-refractivity contribution in [2.75, 3.05) is 25.0 Å². The second kappa shape index (κ2) is 4.19. The molecular formula is C13H19N3O2S. The van der Waals surface area contributed by atoms with Crippen molar-refractivity contribution in [2.45, 2.75) is 23.3 Å². The number of nitrogens with zero attached hydrogens (tertiary/aromatic N) is 1. The van der Waals surface area contributed by atoms with Gasteiger partial charge < -0.3 is 10.6 Å². The second-order valence-corrected chi connectivity index (χ2v) is 7.39. The maximum atomic E-state index is 12.0. The van der Waals surface area contributed by atoms with Crippen molar-refractivity contribution >= 4 is 15.7 Å². The summed E-state index contributed by atoms with van der Waals surface area (Å²) >= 11 is 0. The van der Waals surface area contributed by atoms with Crippen molar-refractivity contribution < 1.29 is 8.42 Å². The van der Waals surface area contributed by atoms with Crippen LogP contribution in [0.4, 0.5) is 5.69 Å². The monoisotopic (exact) mass is 281 g/mol. The zero-order valence-electron chi connectivity index (χ0n) is 11.0. The van der Waals surface area contributed by atoms with Crippen molar-refractivity contribution in [1.82, 2.24) is 4.72 Å². The Morgan fingerprint density at radius 3 is 2.53 bits per heavy atom. The lowest BCUT2D eigenvalue weighted by Gasteiger charge is -2.50. The van der Waals surface area contributed by atoms with Crippen molar-refractivity contribution in [3.05, 3.63) is 24.3 Å². The van der Waals surface area contributed by atoms with Gasteiger partial charge in [-0.25, -0.2) is 13.1 Å². The van der Waals surface area contributed by atoms with Crippen LogP contribution in [0.1, 0.15) is 12.8 Å². The fraction of sp³-hybridized carbons (Fsp3) is 0.538. The number of nitrogens with two attached hydrogens (primary N) is 1. The summed E-state index contributed by atoms with van der Waals surface area (Å²) in [7, 11) is -1.99. The van der Waals surface area contributed by atoms with Gasteiger partial charge in [-0.05, 0) is 37.9 Å². The first-order chi connectivity index (χ1) is 8.96. The lowest BCUT2D eigenvalue weighted by atomic mass is 9.85. The van der Waals surface area contributed by atoms with E-state index in [9.17, 15) is 8.42 Å². The summed E-state index contributed by atoms with van der Waals surface area (Å²) in [4.78, 5) is 2.39. The molecule has 1 aromatic carbocycles. The highest BCUT2D eigenvalue weighted by Gasteiger charge is 2.50. The van der Waals surface area contributed by atoms with E-state index in [1.54, 1.807) is 12.1 Å². The van der Waals surface area contributed by atoms with Gasteiger partial charge >= 0.3 is 0 Å². The van der Waals surface area contributed by atoms with Gasteiger partial charge in [-0.15, -0.1) is 0 Å². The van der Waals surface area contributed by atoms with Gasteiger partial charge in [-0.1, -0.05) is 12.1 Å². The minimum absolute atomic E-state index is 0.115. The van der Waals surface area contributed by atoms with Crippen LogP contribution >= 0.6 is 0 Å². The summed E-state index contributed by atoms with van der Waals surface area (Å²) in [5.41, 5.74) is 6.95. The SMILES string of the molecule is CNS(=O)(=O)c1ccccc1N1CC(N)(C2CC2)C1. The molecule has 0 atom stereocenters. The van der Waals surface area contributed by atoms with Crippen LogP contribution in [-0.4, -0.2) is 34.1 Å². The van der Waals surface area contributed by atoms with Gasteiger partial charge in [0.25, 0.3) is 0 Å². The molecule has 0 radical (unpaired) electrons. The first-order valence-electron chi connectivity index (χ1n) is 6.53. The first-order valence-corrected chi connectivity index (χ1v) is 8.01. The quantitative estimate of drug-likeness (QED) is 0.844. The Morgan fingerprint density at radius 2 is 1.95 bits per heavy atom. The molecule has 0 unspecified atom stereocenters. The number of para-hydroxylation sites is 1. The molecule has 3 N–H and O–H groups in total. The van der Waals surface area contributed by atoms with Gasteiger partial charge in [0.1, 0.15) is 4.90 Å². The predicted molar refractivity (Wildman–Crippen MR) is 74.5 cm³/mol. The molecular weight excluding hydrogens is 262 g/mol. The Hall–Kier alpha value is -1.11. The minimum atomic E-state index is -3.42. The molecule has 19 heavy (non-hydrogen) atoms. The summed E-state index contributed by atoms with van der Waals surface area (Å²) in [5, 5.41) is 0. The van der Waals surface area contributed by atoms with E-state index in [0.717, 1.165) is 18.8 Å². The maximum Gasteiger partial charge on any atom is 0.242 e. The zero-order chi connectivity index (χ0) is 13.7. The van der Waals surface area contributed by atoms with E-state index in [2.05, 4.69) is 9.62 Å². The Morgan fingerprint density at radius 1 is 1.32 bits per heavy atom. The van der Waals surface area contributed by atoms with E-state index < -0.39 is 10.0 Å². The zero-order valence-corrected chi connectivity index (χ0v) is 11.8. The highest BCUT2D eigenvalue weighted by atomic mass is 32.2. The number of sulfonamides is 1. The summed E-state index contributed by atoms with van der Waals surface area (Å²) in [6, 6.07) is 7.08. The largest absolute Gasteiger partial charge is 0.367 e. The molecule has 0 aromatic heterocycles. The molecule has 0 spiro atoms. The van der Waals surface area contributed by atoms with Crippen molar-refractivity contribution in [2.24, 2.45) is 11.7 Å². The molecule has 2 fully saturated rings. The molecule has 6 heteroatoms. The fourth-order valence-electron chi connectivity index (χ4n) is 2.81. The molecule has 0 amide bonds. The topological polar surface area (TPSA) is 75.4 Å². The van der Waals surface area contributed by atoms with Crippen LogP contribution in [0.5, 0.6) is 0 Å². The molecule has 1 aromatic rings. The molecule has 3 rings (SSSR count). The summed E-state index contributed by atoms with van der Waals surface area (Å²) < 4.78 is 26.4. The lowest BCUT2D eigenvalue weighted by molar-refractivity contribution is 0.290. The van der Waals surface area contributed by atoms with Gasteiger partial charge in [0.05, 0.1) is 11.2 Å². The van der Waals surface area contributed by atoms with E-state index in [4.69, 9.17) is 5.73 Å². The summed E-state index contributed by atoms with van der Waals surface area (Å²) in [5.74, 6) is 0.622. The van der Waals surface area contributed by atoms with Crippen LogP contribution < -0.4 is 15.4 Å². The average molecular weight is 281 g/mol. The van der Waals surface area contributed by atoms with Crippen LogP contribution in [0.3, 0.4) is 0 Å². The van der Waals surface area contributed by atoms with E-state index in [1.165, 1.54) is 19.9 Å². The highest BCUT2D eigenvalue weighted by Crippen LogP contribution is 2.45. The third-order valence-electron chi connectivity index (χ3n) is 4.13. The molecule has 1 saturated heterocycles. The normalized spacial score (nSPS) is 22.1. The predicted octanol–water partition coefficient (Wildman–Crippen LogP) is 0.522. The lowest BCUT2D eigenvalue weighted by Crippen LogP contribution is -2.69. The molecule has 5 nitrogen and oxygen atoms in total. The number of rotatable bonds is 4. The van der Waals surface area contributed by atoms with E-state index in [-0.39, 0.29) is 5.54 Å². The van der Waals surface area contributed by atoms with Crippen LogP contribution in [0.15, 0.2) is 29.2 Å². The molecule has 104 valence electrons. The van der Waals surface area contributed by atoms with Gasteiger partial charge in [0, 0.05) is 13.1 Å². The molecule has 1 aliphatic heterocycles. The van der Waals surface area contributed by atoms with E-state index >= 15 is 0 Å². The second-order valence-electron chi connectivity index (χ2n) is 5.54. The third kappa shape index (κ3) is 2.13. The van der Waals surface area contributed by atoms with Gasteiger partial charge in [0.2, 0.25) is 10.0 Å². The van der Waals surface area contributed by atoms with Gasteiger partial charge in [0.15, 0.2) is 0 Å². The van der Waals surface area contributed by atoms with Crippen LogP contribution in [0.25, 0.3) is 0 Å². The number of anilines is 1. The van der Waals surface area contributed by atoms with Gasteiger partial charge in [-0.2, -0.15) is 0 Å². The minimum Gasteiger partial charge on any atom is -0.367 e. The van der Waals surface area contributed by atoms with Crippen molar-refractivity contribution in [3.63, 3.8) is 0 Å².